The van der Waals surface area contributed by atoms with Crippen molar-refractivity contribution in [2.45, 2.75) is 105 Å². The van der Waals surface area contributed by atoms with Gasteiger partial charge in [-0.05, 0) is 262 Å². The molecule has 0 bridgehead atoms. The SMILES string of the molecule is COc1ccc(SOO[O-])cc1.Cc1ccc(SOO[O-])cc1.O=S(=O)([O-])C(F)(F)F.[O-]OOSc1ccc(Cl)cc1.[O-]OOSc1ccccc1.c1ccc([S+](c2ccccc2)c2ccccc2)cc1.c1ccc([S+](c2ccccc2)c2ccccc2)cc1.c1ccc([S+](c2ccccc2)c2ccccc2)cc1.c1ccc([S+](c2ccccc2)c2ccccc2)cc1.c1ccc([S+](c2ccccc2)c2ccccc2)cc1. The molecule has 0 spiro atoms. The summed E-state index contributed by atoms with van der Waals surface area (Å²) in [4.78, 5) is 23.6. The quantitative estimate of drug-likeness (QED) is 0.0111. The second-order valence-corrected chi connectivity index (χ2v) is 44.3. The highest BCUT2D eigenvalue weighted by atomic mass is 35.5. The highest BCUT2D eigenvalue weighted by Gasteiger charge is 2.37. The van der Waals surface area contributed by atoms with E-state index in [0.717, 1.165) is 79.1 Å². The van der Waals surface area contributed by atoms with Crippen molar-refractivity contribution >= 4 is 124 Å². The van der Waals surface area contributed by atoms with Crippen LogP contribution in [0.25, 0.3) is 0 Å². The molecular weight excluding hydrogens is 2070 g/mol. The molecule has 0 saturated heterocycles. The first-order valence-corrected chi connectivity index (χ1v) is 55.4. The van der Waals surface area contributed by atoms with Gasteiger partial charge in [0.2, 0.25) is 0 Å². The van der Waals surface area contributed by atoms with E-state index in [9.17, 15) is 34.2 Å². The number of methoxy groups -OCH3 is 1. The highest BCUT2D eigenvalue weighted by molar-refractivity contribution is 7.98. The maximum atomic E-state index is 10.7. The molecule has 0 radical (unpaired) electrons. The lowest BCUT2D eigenvalue weighted by Gasteiger charge is -2.08. The first-order chi connectivity index (χ1) is 71.9. The summed E-state index contributed by atoms with van der Waals surface area (Å²) in [6.07, 6.45) is 0. The second-order valence-electron chi connectivity index (χ2n) is 29.3. The van der Waals surface area contributed by atoms with E-state index in [-0.39, 0.29) is 54.5 Å². The summed E-state index contributed by atoms with van der Waals surface area (Å²) in [7, 11) is -4.58. The number of halogens is 4. The van der Waals surface area contributed by atoms with E-state index in [2.05, 4.69) is 492 Å². The first kappa shape index (κ1) is 117. The molecule has 19 aromatic carbocycles. The standard InChI is InChI=1S/5C18H15S.C7H8O4S.C7H8O3S.C6H5ClO3S.C6H6O3S.CHF3O3S/c5*1-4-10-16(11-5-1)19(17-12-6-2-7-13-17)18-14-8-3-9-15-18;1-9-6-2-4-7(5-3-6)12-11-10-8;1-6-2-4-7(5-3-6)11-10-9-8;7-5-1-3-6(4-2-5)11-10-9-8;7-8-9-10-6-4-2-1-3-5-6;2-1(3,4)8(5,6)7/h5*1-15H;2-5,8H,1H3;2-5,8H,1H3;1-4,8H;1-5,7H;(H,5,6,7)/q5*+1;;;;;/p-5. The number of ether oxygens (including phenoxy) is 1. The Kier molecular flexibility index (Phi) is 54.1. The second kappa shape index (κ2) is 68.2. The molecule has 30 heteroatoms. The van der Waals surface area contributed by atoms with Crippen LogP contribution < -0.4 is 25.8 Å². The van der Waals surface area contributed by atoms with Crippen molar-refractivity contribution < 1.29 is 89.4 Å². The fourth-order valence-corrected chi connectivity index (χ4v) is 24.9. The molecule has 19 aromatic rings. The Bertz CT molecular complexity index is 5560. The van der Waals surface area contributed by atoms with Crippen LogP contribution in [0.4, 0.5) is 13.2 Å². The minimum Gasteiger partial charge on any atom is -0.741 e. The van der Waals surface area contributed by atoms with Crippen molar-refractivity contribution in [1.82, 2.24) is 0 Å². The molecule has 19 rings (SSSR count). The van der Waals surface area contributed by atoms with Crippen LogP contribution in [0.15, 0.2) is 651 Å². The molecule has 0 saturated carbocycles. The number of aryl methyl sites for hydroxylation is 1. The van der Waals surface area contributed by atoms with Gasteiger partial charge in [0.15, 0.2) is 83.6 Å². The number of rotatable bonds is 28. The molecule has 0 aliphatic rings. The van der Waals surface area contributed by atoms with Crippen LogP contribution in [0, 0.1) is 6.92 Å². The zero-order valence-corrected chi connectivity index (χ0v) is 87.7. The van der Waals surface area contributed by atoms with Crippen molar-refractivity contribution in [3.63, 3.8) is 0 Å². The largest absolute Gasteiger partial charge is 0.741 e. The van der Waals surface area contributed by atoms with Crippen LogP contribution in [-0.4, -0.2) is 25.6 Å². The summed E-state index contributed by atoms with van der Waals surface area (Å²) in [5, 5.41) is 51.0. The number of hydrogen-bond donors (Lipinski definition) is 0. The fraction of sp³-hybridized carbons (Fsp3) is 0.0256. The van der Waals surface area contributed by atoms with Gasteiger partial charge in [-0.15, -0.1) is 0 Å². The van der Waals surface area contributed by atoms with Gasteiger partial charge in [0.1, 0.15) is 5.75 Å². The predicted octanol–water partition coefficient (Wildman–Crippen LogP) is 28.6. The van der Waals surface area contributed by atoms with Crippen LogP contribution in [0.1, 0.15) is 5.56 Å². The minimum absolute atomic E-state index is 0.0146. The Morgan fingerprint density at radius 3 is 0.490 bits per heavy atom. The van der Waals surface area contributed by atoms with E-state index in [0.29, 0.717) is 5.02 Å². The molecule has 0 N–H and O–H groups in total. The van der Waals surface area contributed by atoms with Gasteiger partial charge in [-0.3, -0.25) is 20.2 Å². The molecule has 0 atom stereocenters. The number of alkyl halides is 3. The van der Waals surface area contributed by atoms with Crippen LogP contribution in [0.2, 0.25) is 5.02 Å². The Balaban J connectivity index is 0.000000169. The zero-order valence-electron chi connectivity index (χ0n) is 78.7. The predicted molar refractivity (Wildman–Crippen MR) is 577 cm³/mol. The van der Waals surface area contributed by atoms with E-state index >= 15 is 0 Å². The lowest BCUT2D eigenvalue weighted by atomic mass is 10.2. The monoisotopic (exact) mass is 2170 g/mol. The molecule has 0 fully saturated rings. The normalized spacial score (nSPS) is 10.6. The molecule has 147 heavy (non-hydrogen) atoms. The first-order valence-electron chi connectivity index (χ1n) is 44.5. The van der Waals surface area contributed by atoms with Gasteiger partial charge in [0.05, 0.1) is 110 Å². The van der Waals surface area contributed by atoms with Crippen LogP contribution in [0.3, 0.4) is 0 Å². The third kappa shape index (κ3) is 42.8. The summed E-state index contributed by atoms with van der Waals surface area (Å²) in [6, 6.07) is 191. The average Bonchev–Trinajstić information content (AvgIpc) is 0.833. The number of benzene rings is 19. The molecule has 0 unspecified atom stereocenters. The van der Waals surface area contributed by atoms with Crippen LogP contribution in [-0.2, 0) is 102 Å². The lowest BCUT2D eigenvalue weighted by Crippen LogP contribution is -2.21. The maximum absolute atomic E-state index is 10.7. The molecular formula is C117H98ClF3O16S10. The molecule has 0 amide bonds. The summed E-state index contributed by atoms with van der Waals surface area (Å²) in [5.74, 6) is 0.752. The molecule has 16 nitrogen and oxygen atoms in total. The summed E-state index contributed by atoms with van der Waals surface area (Å²) in [5.41, 5.74) is -4.48. The van der Waals surface area contributed by atoms with E-state index in [1.165, 1.54) is 73.4 Å². The van der Waals surface area contributed by atoms with E-state index < -0.39 is 15.6 Å². The third-order valence-corrected chi connectivity index (χ3v) is 33.6. The molecule has 0 aliphatic heterocycles. The van der Waals surface area contributed by atoms with E-state index in [4.69, 9.17) is 29.3 Å². The van der Waals surface area contributed by atoms with Gasteiger partial charge in [0, 0.05) is 24.6 Å². The Morgan fingerprint density at radius 1 is 0.224 bits per heavy atom. The fourth-order valence-electron chi connectivity index (χ4n) is 12.8. The maximum Gasteiger partial charge on any atom is 0.485 e. The minimum atomic E-state index is -6.09. The zero-order chi connectivity index (χ0) is 104. The molecule has 0 aliphatic carbocycles. The summed E-state index contributed by atoms with van der Waals surface area (Å²) in [6.45, 7) is 1.99. The van der Waals surface area contributed by atoms with Crippen molar-refractivity contribution in [3.8, 4) is 5.75 Å². The van der Waals surface area contributed by atoms with Crippen molar-refractivity contribution in [2.75, 3.05) is 7.11 Å². The van der Waals surface area contributed by atoms with E-state index in [1.807, 2.05) is 61.5 Å². The molecule has 750 valence electrons. The van der Waals surface area contributed by atoms with Crippen molar-refractivity contribution in [2.24, 2.45) is 0 Å². The van der Waals surface area contributed by atoms with Gasteiger partial charge in [-0.1, -0.05) is 320 Å². The third-order valence-electron chi connectivity index (χ3n) is 19.2. The van der Waals surface area contributed by atoms with Gasteiger partial charge < -0.3 is 30.3 Å². The smallest absolute Gasteiger partial charge is 0.485 e. The summed E-state index contributed by atoms with van der Waals surface area (Å²) >= 11 is 9.07. The van der Waals surface area contributed by atoms with Gasteiger partial charge >= 0.3 is 5.51 Å². The van der Waals surface area contributed by atoms with Gasteiger partial charge in [-0.25, -0.2) is 8.42 Å². The Morgan fingerprint density at radius 2 is 0.354 bits per heavy atom. The lowest BCUT2D eigenvalue weighted by molar-refractivity contribution is -0.777. The molecule has 0 heterocycles. The van der Waals surface area contributed by atoms with Crippen molar-refractivity contribution in [1.29, 1.82) is 0 Å². The Hall–Kier alpha value is -12.4. The van der Waals surface area contributed by atoms with Gasteiger partial charge in [0.25, 0.3) is 0 Å². The van der Waals surface area contributed by atoms with E-state index in [1.54, 1.807) is 55.6 Å². The van der Waals surface area contributed by atoms with Crippen LogP contribution in [0.5, 0.6) is 5.75 Å². The molecule has 0 aromatic heterocycles. The Labute approximate surface area is 892 Å². The summed E-state index contributed by atoms with van der Waals surface area (Å²) < 4.78 is 80.2. The topological polar surface area (TPSA) is 233 Å². The van der Waals surface area contributed by atoms with Crippen LogP contribution >= 0.6 is 59.8 Å². The van der Waals surface area contributed by atoms with Crippen molar-refractivity contribution in [3.05, 3.63) is 569 Å². The number of hydrogen-bond acceptors (Lipinski definition) is 20. The van der Waals surface area contributed by atoms with Gasteiger partial charge in [-0.2, -0.15) is 30.5 Å². The average molecular weight is 2170 g/mol. The highest BCUT2D eigenvalue weighted by Crippen LogP contribution is 2.37.